The van der Waals surface area contributed by atoms with Gasteiger partial charge in [-0.1, -0.05) is 34.6 Å². The summed E-state index contributed by atoms with van der Waals surface area (Å²) in [6, 6.07) is 0.604. The lowest BCUT2D eigenvalue weighted by molar-refractivity contribution is 0.252. The van der Waals surface area contributed by atoms with Crippen LogP contribution in [0.15, 0.2) is 0 Å². The van der Waals surface area contributed by atoms with Crippen molar-refractivity contribution in [2.45, 2.75) is 40.7 Å². The summed E-state index contributed by atoms with van der Waals surface area (Å²) in [6.07, 6.45) is 0. The summed E-state index contributed by atoms with van der Waals surface area (Å²) in [7, 11) is 2.21. The molecule has 0 radical (unpaired) electrons. The first-order valence-corrected chi connectivity index (χ1v) is 5.83. The Morgan fingerprint density at radius 1 is 1.00 bits per heavy atom. The summed E-state index contributed by atoms with van der Waals surface area (Å²) < 4.78 is 0. The fourth-order valence-corrected chi connectivity index (χ4v) is 1.73. The molecule has 86 valence electrons. The van der Waals surface area contributed by atoms with Crippen LogP contribution in [-0.4, -0.2) is 37.6 Å². The van der Waals surface area contributed by atoms with Gasteiger partial charge >= 0.3 is 0 Å². The normalized spacial score (nSPS) is 14.4. The van der Waals surface area contributed by atoms with Crippen molar-refractivity contribution in [1.29, 1.82) is 0 Å². The Hall–Kier alpha value is -0.0800. The van der Waals surface area contributed by atoms with Crippen molar-refractivity contribution < 1.29 is 0 Å². The second kappa shape index (κ2) is 7.24. The molecule has 0 saturated carbocycles. The van der Waals surface area contributed by atoms with Crippen LogP contribution in [0.4, 0.5) is 0 Å². The highest BCUT2D eigenvalue weighted by atomic mass is 15.1. The Bertz CT molecular complexity index is 132. The molecule has 1 unspecified atom stereocenters. The zero-order valence-electron chi connectivity index (χ0n) is 10.8. The molecule has 2 nitrogen and oxygen atoms in total. The van der Waals surface area contributed by atoms with Crippen LogP contribution in [-0.2, 0) is 0 Å². The first-order chi connectivity index (χ1) is 6.41. The molecular weight excluding hydrogens is 172 g/mol. The van der Waals surface area contributed by atoms with Gasteiger partial charge in [0.05, 0.1) is 0 Å². The largest absolute Gasteiger partial charge is 0.314 e. The van der Waals surface area contributed by atoms with Gasteiger partial charge in [0.25, 0.3) is 0 Å². The number of hydrogen-bond donors (Lipinski definition) is 1. The van der Waals surface area contributed by atoms with Crippen molar-refractivity contribution in [2.24, 2.45) is 11.8 Å². The molecular formula is C12H28N2. The Kier molecular flexibility index (Phi) is 7.20. The molecule has 0 aliphatic heterocycles. The first-order valence-electron chi connectivity index (χ1n) is 5.83. The van der Waals surface area contributed by atoms with Gasteiger partial charge in [0.15, 0.2) is 0 Å². The third kappa shape index (κ3) is 8.52. The molecule has 14 heavy (non-hydrogen) atoms. The van der Waals surface area contributed by atoms with Crippen LogP contribution in [0.1, 0.15) is 34.6 Å². The molecule has 0 aromatic carbocycles. The predicted molar refractivity (Wildman–Crippen MR) is 64.6 cm³/mol. The highest BCUT2D eigenvalue weighted by Gasteiger charge is 2.07. The molecule has 0 bridgehead atoms. The Morgan fingerprint density at radius 2 is 1.57 bits per heavy atom. The monoisotopic (exact) mass is 200 g/mol. The Balaban J connectivity index is 3.55. The fourth-order valence-electron chi connectivity index (χ4n) is 1.73. The van der Waals surface area contributed by atoms with Crippen molar-refractivity contribution in [2.75, 3.05) is 26.7 Å². The summed E-state index contributed by atoms with van der Waals surface area (Å²) in [5.41, 5.74) is 0. The smallest absolute Gasteiger partial charge is 0.00162 e. The maximum Gasteiger partial charge on any atom is 0.00162 e. The third-order valence-electron chi connectivity index (χ3n) is 2.17. The van der Waals surface area contributed by atoms with Gasteiger partial charge in [0, 0.05) is 19.1 Å². The van der Waals surface area contributed by atoms with E-state index in [0.29, 0.717) is 6.04 Å². The summed E-state index contributed by atoms with van der Waals surface area (Å²) >= 11 is 0. The van der Waals surface area contributed by atoms with Gasteiger partial charge in [-0.15, -0.1) is 0 Å². The van der Waals surface area contributed by atoms with Gasteiger partial charge in [-0.25, -0.2) is 0 Å². The van der Waals surface area contributed by atoms with Gasteiger partial charge in [-0.2, -0.15) is 0 Å². The minimum Gasteiger partial charge on any atom is -0.314 e. The highest BCUT2D eigenvalue weighted by molar-refractivity contribution is 4.64. The third-order valence-corrected chi connectivity index (χ3v) is 2.17. The molecule has 0 amide bonds. The molecule has 0 saturated heterocycles. The van der Waals surface area contributed by atoms with Crippen LogP contribution in [0.25, 0.3) is 0 Å². The predicted octanol–water partition coefficient (Wildman–Crippen LogP) is 2.21. The van der Waals surface area contributed by atoms with E-state index < -0.39 is 0 Å². The average Bonchev–Trinajstić information content (AvgIpc) is 1.98. The van der Waals surface area contributed by atoms with Crippen molar-refractivity contribution >= 4 is 0 Å². The Labute approximate surface area is 90.1 Å². The number of rotatable bonds is 7. The lowest BCUT2D eigenvalue weighted by Gasteiger charge is -2.23. The molecule has 0 fully saturated rings. The minimum atomic E-state index is 0.604. The van der Waals surface area contributed by atoms with Crippen molar-refractivity contribution in [3.63, 3.8) is 0 Å². The van der Waals surface area contributed by atoms with Gasteiger partial charge in [0.2, 0.25) is 0 Å². The average molecular weight is 200 g/mol. The number of hydrogen-bond acceptors (Lipinski definition) is 2. The topological polar surface area (TPSA) is 15.3 Å². The first kappa shape index (κ1) is 13.9. The molecule has 0 rings (SSSR count). The highest BCUT2D eigenvalue weighted by Crippen LogP contribution is 2.01. The van der Waals surface area contributed by atoms with Crippen LogP contribution >= 0.6 is 0 Å². The molecule has 1 N–H and O–H groups in total. The van der Waals surface area contributed by atoms with Crippen molar-refractivity contribution in [1.82, 2.24) is 10.2 Å². The van der Waals surface area contributed by atoms with Crippen LogP contribution in [0.2, 0.25) is 0 Å². The van der Waals surface area contributed by atoms with E-state index in [4.69, 9.17) is 0 Å². The molecule has 1 atom stereocenters. The van der Waals surface area contributed by atoms with Gasteiger partial charge in [-0.3, -0.25) is 0 Å². The van der Waals surface area contributed by atoms with Gasteiger partial charge in [0.1, 0.15) is 0 Å². The van der Waals surface area contributed by atoms with E-state index in [0.717, 1.165) is 18.4 Å². The second-order valence-corrected chi connectivity index (χ2v) is 5.28. The zero-order chi connectivity index (χ0) is 11.1. The van der Waals surface area contributed by atoms with Crippen LogP contribution < -0.4 is 5.32 Å². The lowest BCUT2D eigenvalue weighted by atomic mass is 10.1. The van der Waals surface area contributed by atoms with Crippen molar-refractivity contribution in [3.05, 3.63) is 0 Å². The van der Waals surface area contributed by atoms with E-state index in [1.54, 1.807) is 0 Å². The molecule has 0 aromatic rings. The zero-order valence-corrected chi connectivity index (χ0v) is 10.8. The molecule has 0 aliphatic rings. The van der Waals surface area contributed by atoms with E-state index in [1.165, 1.54) is 13.1 Å². The molecule has 0 aliphatic carbocycles. The van der Waals surface area contributed by atoms with Gasteiger partial charge in [-0.05, 0) is 25.4 Å². The second-order valence-electron chi connectivity index (χ2n) is 5.28. The molecule has 0 spiro atoms. The van der Waals surface area contributed by atoms with E-state index in [1.807, 2.05) is 0 Å². The maximum absolute atomic E-state index is 3.48. The van der Waals surface area contributed by atoms with Crippen LogP contribution in [0, 0.1) is 11.8 Å². The molecule has 2 heteroatoms. The molecule has 0 aromatic heterocycles. The van der Waals surface area contributed by atoms with Gasteiger partial charge < -0.3 is 10.2 Å². The quantitative estimate of drug-likeness (QED) is 0.678. The summed E-state index contributed by atoms with van der Waals surface area (Å²) in [5.74, 6) is 1.51. The van der Waals surface area contributed by atoms with E-state index in [9.17, 15) is 0 Å². The fraction of sp³-hybridized carbons (Fsp3) is 1.00. The summed E-state index contributed by atoms with van der Waals surface area (Å²) in [5, 5.41) is 3.48. The van der Waals surface area contributed by atoms with Crippen molar-refractivity contribution in [3.8, 4) is 0 Å². The van der Waals surface area contributed by atoms with Crippen LogP contribution in [0.5, 0.6) is 0 Å². The lowest BCUT2D eigenvalue weighted by Crippen LogP contribution is -2.35. The van der Waals surface area contributed by atoms with E-state index >= 15 is 0 Å². The summed E-state index contributed by atoms with van der Waals surface area (Å²) in [4.78, 5) is 2.43. The van der Waals surface area contributed by atoms with Crippen LogP contribution in [0.3, 0.4) is 0 Å². The minimum absolute atomic E-state index is 0.604. The Morgan fingerprint density at radius 3 is 2.00 bits per heavy atom. The standard InChI is InChI=1S/C12H28N2/c1-10(2)8-14(6)9-12(5)7-13-11(3)4/h10-13H,7-9H2,1-6H3. The SMILES string of the molecule is CC(C)CN(C)CC(C)CNC(C)C. The van der Waals surface area contributed by atoms with E-state index in [2.05, 4.69) is 51.9 Å². The number of nitrogens with zero attached hydrogens (tertiary/aromatic N) is 1. The molecule has 0 heterocycles. The summed E-state index contributed by atoms with van der Waals surface area (Å²) in [6.45, 7) is 14.8. The maximum atomic E-state index is 3.48. The number of nitrogens with one attached hydrogen (secondary N) is 1. The van der Waals surface area contributed by atoms with E-state index in [-0.39, 0.29) is 0 Å².